The van der Waals surface area contributed by atoms with Gasteiger partial charge in [-0.3, -0.25) is 4.79 Å². The number of methoxy groups -OCH3 is 1. The number of carbonyl (C=O) groups is 1. The van der Waals surface area contributed by atoms with Gasteiger partial charge in [-0.1, -0.05) is 27.2 Å². The van der Waals surface area contributed by atoms with Crippen LogP contribution < -0.4 is 0 Å². The molecule has 2 atom stereocenters. The molecule has 1 saturated carbocycles. The van der Waals surface area contributed by atoms with Crippen molar-refractivity contribution in [3.8, 4) is 0 Å². The molecule has 0 aromatic heterocycles. The minimum atomic E-state index is -0.194. The molecule has 1 aliphatic carbocycles. The second kappa shape index (κ2) is 4.43. The van der Waals surface area contributed by atoms with Crippen LogP contribution in [0.25, 0.3) is 0 Å². The number of ketones is 1. The summed E-state index contributed by atoms with van der Waals surface area (Å²) in [6.45, 7) is 6.02. The van der Waals surface area contributed by atoms with E-state index in [2.05, 4.69) is 0 Å². The highest BCUT2D eigenvalue weighted by Crippen LogP contribution is 2.32. The number of ether oxygens (including phenoxy) is 1. The summed E-state index contributed by atoms with van der Waals surface area (Å²) in [6, 6.07) is 0. The molecule has 1 fully saturated rings. The molecular weight excluding hydrogens is 176 g/mol. The second-order valence-electron chi connectivity index (χ2n) is 5.34. The molecule has 0 aliphatic heterocycles. The van der Waals surface area contributed by atoms with Gasteiger partial charge in [0.2, 0.25) is 0 Å². The average Bonchev–Trinajstić information content (AvgIpc) is 2.15. The highest BCUT2D eigenvalue weighted by molar-refractivity contribution is 5.86. The van der Waals surface area contributed by atoms with E-state index in [1.165, 1.54) is 0 Å². The molecule has 1 rings (SSSR count). The molecule has 0 N–H and O–H groups in total. The number of Topliss-reactive ketones (excluding diaryl/α,β-unsaturated/α-hetero) is 1. The molecular formula is C12H22O2. The molecule has 0 aromatic rings. The van der Waals surface area contributed by atoms with E-state index in [0.717, 1.165) is 25.7 Å². The third kappa shape index (κ3) is 2.81. The third-order valence-corrected chi connectivity index (χ3v) is 3.07. The molecule has 14 heavy (non-hydrogen) atoms. The molecule has 2 heteroatoms. The van der Waals surface area contributed by atoms with E-state index in [1.54, 1.807) is 7.11 Å². The molecule has 0 unspecified atom stereocenters. The number of rotatable bonds is 2. The van der Waals surface area contributed by atoms with Crippen LogP contribution in [0.4, 0.5) is 0 Å². The van der Waals surface area contributed by atoms with Gasteiger partial charge in [0.25, 0.3) is 0 Å². The summed E-state index contributed by atoms with van der Waals surface area (Å²) in [5.41, 5.74) is -0.194. The Kier molecular flexibility index (Phi) is 3.71. The van der Waals surface area contributed by atoms with Gasteiger partial charge in [-0.05, 0) is 19.3 Å². The minimum Gasteiger partial charge on any atom is -0.381 e. The Balaban J connectivity index is 2.56. The topological polar surface area (TPSA) is 26.3 Å². The highest BCUT2D eigenvalue weighted by atomic mass is 16.5. The lowest BCUT2D eigenvalue weighted by Gasteiger charge is -2.31. The Morgan fingerprint density at radius 3 is 2.43 bits per heavy atom. The lowest BCUT2D eigenvalue weighted by molar-refractivity contribution is -0.133. The fourth-order valence-corrected chi connectivity index (χ4v) is 2.21. The second-order valence-corrected chi connectivity index (χ2v) is 5.34. The van der Waals surface area contributed by atoms with E-state index in [9.17, 15) is 4.79 Å². The van der Waals surface area contributed by atoms with Crippen molar-refractivity contribution in [1.82, 2.24) is 0 Å². The van der Waals surface area contributed by atoms with E-state index in [-0.39, 0.29) is 11.3 Å². The van der Waals surface area contributed by atoms with Crippen LogP contribution in [0, 0.1) is 11.3 Å². The largest absolute Gasteiger partial charge is 0.381 e. The fourth-order valence-electron chi connectivity index (χ4n) is 2.21. The summed E-state index contributed by atoms with van der Waals surface area (Å²) in [5.74, 6) is 0.632. The highest BCUT2D eigenvalue weighted by Gasteiger charge is 2.33. The predicted octanol–water partition coefficient (Wildman–Crippen LogP) is 2.81. The Hall–Kier alpha value is -0.370. The Morgan fingerprint density at radius 1 is 1.29 bits per heavy atom. The van der Waals surface area contributed by atoms with Gasteiger partial charge in [0.05, 0.1) is 6.10 Å². The summed E-state index contributed by atoms with van der Waals surface area (Å²) < 4.78 is 5.33. The third-order valence-electron chi connectivity index (χ3n) is 3.07. The average molecular weight is 198 g/mol. The van der Waals surface area contributed by atoms with E-state index in [0.29, 0.717) is 11.9 Å². The summed E-state index contributed by atoms with van der Waals surface area (Å²) in [5, 5.41) is 0. The first-order chi connectivity index (χ1) is 6.45. The molecule has 2 nitrogen and oxygen atoms in total. The van der Waals surface area contributed by atoms with Gasteiger partial charge < -0.3 is 4.74 Å². The molecule has 0 amide bonds. The van der Waals surface area contributed by atoms with Gasteiger partial charge in [-0.2, -0.15) is 0 Å². The molecule has 0 aromatic carbocycles. The first kappa shape index (κ1) is 11.7. The summed E-state index contributed by atoms with van der Waals surface area (Å²) in [6.07, 6.45) is 4.53. The normalized spacial score (nSPS) is 28.9. The molecule has 82 valence electrons. The zero-order chi connectivity index (χ0) is 10.8. The smallest absolute Gasteiger partial charge is 0.141 e. The van der Waals surface area contributed by atoms with E-state index < -0.39 is 0 Å². The van der Waals surface area contributed by atoms with Gasteiger partial charge in [0.1, 0.15) is 5.78 Å². The van der Waals surface area contributed by atoms with Crippen LogP contribution >= 0.6 is 0 Å². The van der Waals surface area contributed by atoms with Gasteiger partial charge in [-0.25, -0.2) is 0 Å². The Morgan fingerprint density at radius 2 is 1.93 bits per heavy atom. The van der Waals surface area contributed by atoms with Crippen LogP contribution in [0.2, 0.25) is 0 Å². The van der Waals surface area contributed by atoms with Crippen molar-refractivity contribution in [3.63, 3.8) is 0 Å². The lowest BCUT2D eigenvalue weighted by atomic mass is 9.75. The van der Waals surface area contributed by atoms with Crippen LogP contribution in [0.1, 0.15) is 46.5 Å². The minimum absolute atomic E-state index is 0.194. The van der Waals surface area contributed by atoms with Crippen LogP contribution in [-0.4, -0.2) is 19.0 Å². The molecule has 0 saturated heterocycles. The standard InChI is InChI=1S/C12H22O2/c1-12(2,3)11(13)9-6-5-7-10(8-9)14-4/h9-10H,5-8H2,1-4H3/t9-,10+/m1/s1. The van der Waals surface area contributed by atoms with E-state index >= 15 is 0 Å². The van der Waals surface area contributed by atoms with Gasteiger partial charge in [0, 0.05) is 18.4 Å². The van der Waals surface area contributed by atoms with Gasteiger partial charge >= 0.3 is 0 Å². The Labute approximate surface area is 87.0 Å². The van der Waals surface area contributed by atoms with Gasteiger partial charge in [0.15, 0.2) is 0 Å². The number of hydrogen-bond acceptors (Lipinski definition) is 2. The summed E-state index contributed by atoms with van der Waals surface area (Å²) >= 11 is 0. The van der Waals surface area contributed by atoms with E-state index in [4.69, 9.17) is 4.74 Å². The number of carbonyl (C=O) groups excluding carboxylic acids is 1. The molecule has 0 bridgehead atoms. The van der Waals surface area contributed by atoms with Crippen molar-refractivity contribution in [3.05, 3.63) is 0 Å². The fraction of sp³-hybridized carbons (Fsp3) is 0.917. The first-order valence-electron chi connectivity index (χ1n) is 5.52. The molecule has 1 aliphatic rings. The number of hydrogen-bond donors (Lipinski definition) is 0. The summed E-state index contributed by atoms with van der Waals surface area (Å²) in [4.78, 5) is 12.0. The molecule has 0 heterocycles. The van der Waals surface area contributed by atoms with Crippen molar-refractivity contribution in [2.75, 3.05) is 7.11 Å². The zero-order valence-corrected chi connectivity index (χ0v) is 9.80. The molecule has 0 spiro atoms. The SMILES string of the molecule is CO[C@H]1CCC[C@@H](C(=O)C(C)(C)C)C1. The lowest BCUT2D eigenvalue weighted by Crippen LogP contribution is -2.34. The van der Waals surface area contributed by atoms with Crippen molar-refractivity contribution in [2.45, 2.75) is 52.6 Å². The summed E-state index contributed by atoms with van der Waals surface area (Å²) in [7, 11) is 1.74. The van der Waals surface area contributed by atoms with Crippen molar-refractivity contribution in [2.24, 2.45) is 11.3 Å². The predicted molar refractivity (Wildman–Crippen MR) is 57.2 cm³/mol. The monoisotopic (exact) mass is 198 g/mol. The van der Waals surface area contributed by atoms with Crippen molar-refractivity contribution < 1.29 is 9.53 Å². The van der Waals surface area contributed by atoms with Crippen LogP contribution in [0.3, 0.4) is 0 Å². The van der Waals surface area contributed by atoms with Crippen molar-refractivity contribution in [1.29, 1.82) is 0 Å². The maximum atomic E-state index is 12.0. The van der Waals surface area contributed by atoms with Crippen molar-refractivity contribution >= 4 is 5.78 Å². The quantitative estimate of drug-likeness (QED) is 0.682. The van der Waals surface area contributed by atoms with Crippen LogP contribution in [0.15, 0.2) is 0 Å². The molecule has 0 radical (unpaired) electrons. The van der Waals surface area contributed by atoms with Crippen LogP contribution in [0.5, 0.6) is 0 Å². The zero-order valence-electron chi connectivity index (χ0n) is 9.80. The van der Waals surface area contributed by atoms with E-state index in [1.807, 2.05) is 20.8 Å². The maximum absolute atomic E-state index is 12.0. The Bertz CT molecular complexity index is 203. The van der Waals surface area contributed by atoms with Gasteiger partial charge in [-0.15, -0.1) is 0 Å². The maximum Gasteiger partial charge on any atom is 0.141 e. The van der Waals surface area contributed by atoms with Crippen LogP contribution in [-0.2, 0) is 9.53 Å². The first-order valence-corrected chi connectivity index (χ1v) is 5.52.